The highest BCUT2D eigenvalue weighted by Crippen LogP contribution is 2.33. The molecule has 29 heavy (non-hydrogen) atoms. The maximum absolute atomic E-state index is 8.49. The average molecular weight is 445 g/mol. The Bertz CT molecular complexity index is 761. The second-order valence-electron chi connectivity index (χ2n) is 5.71. The minimum absolute atomic E-state index is 0.582. The van der Waals surface area contributed by atoms with Crippen LogP contribution in [-0.4, -0.2) is 39.1 Å². The zero-order chi connectivity index (χ0) is 22.0. The number of halogens is 2. The van der Waals surface area contributed by atoms with Crippen molar-refractivity contribution in [2.75, 3.05) is 33.2 Å². The van der Waals surface area contributed by atoms with Gasteiger partial charge in [0.25, 0.3) is 0 Å². The Morgan fingerprint density at radius 2 is 1.21 bits per heavy atom. The molecule has 0 saturated carbocycles. The minimum Gasteiger partial charge on any atom is -0.497 e. The molecule has 0 saturated heterocycles. The summed E-state index contributed by atoms with van der Waals surface area (Å²) in [5, 5.41) is 0.582. The SMILES string of the molecule is COc1ccc(N(/C(Cl)=C/C=[N+](C)C)c2ccc(OC)cc2)cc1.[O-][Cl+3]([O-])([O-])[O-]. The Morgan fingerprint density at radius 3 is 1.48 bits per heavy atom. The molecular formula is C19H22Cl2N2O6. The molecular weight excluding hydrogens is 423 g/mol. The molecule has 0 aliphatic rings. The van der Waals surface area contributed by atoms with Crippen LogP contribution in [0.4, 0.5) is 11.4 Å². The molecule has 8 nitrogen and oxygen atoms in total. The lowest BCUT2D eigenvalue weighted by Crippen LogP contribution is -2.68. The fraction of sp³-hybridized carbons (Fsp3) is 0.211. The molecule has 0 aromatic heterocycles. The van der Waals surface area contributed by atoms with Gasteiger partial charge in [-0.3, -0.25) is 0 Å². The number of anilines is 2. The third-order valence-corrected chi connectivity index (χ3v) is 3.68. The smallest absolute Gasteiger partial charge is 0.165 e. The molecule has 0 bridgehead atoms. The van der Waals surface area contributed by atoms with Gasteiger partial charge in [-0.05, 0) is 48.5 Å². The van der Waals surface area contributed by atoms with E-state index in [1.54, 1.807) is 14.2 Å². The molecule has 0 spiro atoms. The van der Waals surface area contributed by atoms with Crippen molar-refractivity contribution < 1.29 is 42.9 Å². The van der Waals surface area contributed by atoms with Crippen LogP contribution in [0.25, 0.3) is 0 Å². The second kappa shape index (κ2) is 11.6. The van der Waals surface area contributed by atoms with Gasteiger partial charge >= 0.3 is 0 Å². The van der Waals surface area contributed by atoms with Gasteiger partial charge < -0.3 is 14.4 Å². The molecule has 10 heteroatoms. The van der Waals surface area contributed by atoms with Gasteiger partial charge in [-0.25, -0.2) is 23.2 Å². The lowest BCUT2D eigenvalue weighted by molar-refractivity contribution is -2.00. The first-order chi connectivity index (χ1) is 13.5. The fourth-order valence-electron chi connectivity index (χ4n) is 2.14. The van der Waals surface area contributed by atoms with Crippen LogP contribution < -0.4 is 33.0 Å². The average Bonchev–Trinajstić information content (AvgIpc) is 2.66. The van der Waals surface area contributed by atoms with E-state index < -0.39 is 10.2 Å². The molecule has 2 aromatic carbocycles. The molecule has 0 aliphatic carbocycles. The lowest BCUT2D eigenvalue weighted by Gasteiger charge is -2.24. The zero-order valence-electron chi connectivity index (χ0n) is 16.4. The molecule has 0 unspecified atom stereocenters. The number of hydrogen-bond donors (Lipinski definition) is 0. The van der Waals surface area contributed by atoms with E-state index in [1.807, 2.05) is 84.4 Å². The highest BCUT2D eigenvalue weighted by atomic mass is 35.7. The highest BCUT2D eigenvalue weighted by molar-refractivity contribution is 6.32. The molecule has 0 aliphatic heterocycles. The van der Waals surface area contributed by atoms with Crippen LogP contribution in [0, 0.1) is 10.2 Å². The van der Waals surface area contributed by atoms with Crippen molar-refractivity contribution >= 4 is 29.2 Å². The molecule has 158 valence electrons. The molecule has 0 N–H and O–H groups in total. The van der Waals surface area contributed by atoms with Crippen LogP contribution in [0.2, 0.25) is 0 Å². The topological polar surface area (TPSA) is 117 Å². The Hall–Kier alpha value is -2.33. The molecule has 0 atom stereocenters. The fourth-order valence-corrected chi connectivity index (χ4v) is 2.39. The summed E-state index contributed by atoms with van der Waals surface area (Å²) in [6, 6.07) is 15.5. The summed E-state index contributed by atoms with van der Waals surface area (Å²) in [4.78, 5) is 1.96. The van der Waals surface area contributed by atoms with E-state index in [1.165, 1.54) is 0 Å². The number of methoxy groups -OCH3 is 2. The normalized spacial score (nSPS) is 11.1. The number of benzene rings is 2. The first kappa shape index (κ1) is 24.7. The Kier molecular flexibility index (Phi) is 9.90. The van der Waals surface area contributed by atoms with Crippen LogP contribution in [-0.2, 0) is 0 Å². The molecule has 0 amide bonds. The largest absolute Gasteiger partial charge is 0.497 e. The van der Waals surface area contributed by atoms with Crippen LogP contribution in [0.3, 0.4) is 0 Å². The number of allylic oxidation sites excluding steroid dienone is 1. The summed E-state index contributed by atoms with van der Waals surface area (Å²) in [7, 11) is 2.25. The summed E-state index contributed by atoms with van der Waals surface area (Å²) in [5.74, 6) is 1.60. The number of hydrogen-bond acceptors (Lipinski definition) is 7. The summed E-state index contributed by atoms with van der Waals surface area (Å²) >= 11 is 6.57. The van der Waals surface area contributed by atoms with Crippen LogP contribution >= 0.6 is 11.6 Å². The molecule has 0 radical (unpaired) electrons. The predicted molar refractivity (Wildman–Crippen MR) is 100 cm³/mol. The van der Waals surface area contributed by atoms with Crippen molar-refractivity contribution in [1.82, 2.24) is 0 Å². The van der Waals surface area contributed by atoms with E-state index >= 15 is 0 Å². The first-order valence-electron chi connectivity index (χ1n) is 8.12. The van der Waals surface area contributed by atoms with Crippen molar-refractivity contribution in [2.45, 2.75) is 0 Å². The zero-order valence-corrected chi connectivity index (χ0v) is 17.9. The Morgan fingerprint density at radius 1 is 0.862 bits per heavy atom. The second-order valence-corrected chi connectivity index (χ2v) is 6.85. The molecule has 2 rings (SSSR count). The maximum atomic E-state index is 8.49. The van der Waals surface area contributed by atoms with Gasteiger partial charge in [0.05, 0.1) is 14.2 Å². The summed E-state index contributed by atoms with van der Waals surface area (Å²) in [5.41, 5.74) is 1.88. The Balaban J connectivity index is 0.000000749. The van der Waals surface area contributed by atoms with E-state index in [0.717, 1.165) is 22.9 Å². The number of rotatable bonds is 6. The van der Waals surface area contributed by atoms with Crippen molar-refractivity contribution in [3.05, 3.63) is 59.8 Å². The first-order valence-corrected chi connectivity index (χ1v) is 9.73. The third-order valence-electron chi connectivity index (χ3n) is 3.39. The molecule has 2 aromatic rings. The predicted octanol–water partition coefficient (Wildman–Crippen LogP) is -0.491. The van der Waals surface area contributed by atoms with E-state index in [0.29, 0.717) is 5.16 Å². The van der Waals surface area contributed by atoms with E-state index in [4.69, 9.17) is 39.7 Å². The van der Waals surface area contributed by atoms with Gasteiger partial charge in [0.2, 0.25) is 0 Å². The quantitative estimate of drug-likeness (QED) is 0.335. The van der Waals surface area contributed by atoms with Crippen LogP contribution in [0.15, 0.2) is 59.8 Å². The van der Waals surface area contributed by atoms with Crippen LogP contribution in [0.1, 0.15) is 0 Å². The lowest BCUT2D eigenvalue weighted by atomic mass is 10.2. The number of nitrogens with zero attached hydrogens (tertiary/aromatic N) is 2. The molecule has 0 fully saturated rings. The molecule has 0 heterocycles. The van der Waals surface area contributed by atoms with Crippen molar-refractivity contribution in [3.8, 4) is 11.5 Å². The number of ether oxygens (including phenoxy) is 2. The maximum Gasteiger partial charge on any atom is 0.165 e. The Labute approximate surface area is 176 Å². The van der Waals surface area contributed by atoms with E-state index in [-0.39, 0.29) is 0 Å². The van der Waals surface area contributed by atoms with Crippen molar-refractivity contribution in [2.24, 2.45) is 0 Å². The monoisotopic (exact) mass is 444 g/mol. The van der Waals surface area contributed by atoms with Gasteiger partial charge in [-0.15, -0.1) is 10.2 Å². The van der Waals surface area contributed by atoms with Gasteiger partial charge in [-0.2, -0.15) is 0 Å². The van der Waals surface area contributed by atoms with Gasteiger partial charge in [0.15, 0.2) is 6.21 Å². The van der Waals surface area contributed by atoms with E-state index in [9.17, 15) is 0 Å². The van der Waals surface area contributed by atoms with Gasteiger partial charge in [-0.1, -0.05) is 11.6 Å². The van der Waals surface area contributed by atoms with Crippen molar-refractivity contribution in [3.63, 3.8) is 0 Å². The van der Waals surface area contributed by atoms with Crippen LogP contribution in [0.5, 0.6) is 11.5 Å². The van der Waals surface area contributed by atoms with E-state index in [2.05, 4.69) is 0 Å². The summed E-state index contributed by atoms with van der Waals surface area (Å²) in [6.07, 6.45) is 3.76. The van der Waals surface area contributed by atoms with Crippen molar-refractivity contribution in [1.29, 1.82) is 0 Å². The highest BCUT2D eigenvalue weighted by Gasteiger charge is 2.13. The third kappa shape index (κ3) is 9.62. The summed E-state index contributed by atoms with van der Waals surface area (Å²) in [6.45, 7) is 0. The summed E-state index contributed by atoms with van der Waals surface area (Å²) < 4.78 is 46.4. The van der Waals surface area contributed by atoms with Gasteiger partial charge in [0, 0.05) is 17.5 Å². The van der Waals surface area contributed by atoms with Gasteiger partial charge in [0.1, 0.15) is 30.8 Å². The minimum atomic E-state index is -4.94. The standard InChI is InChI=1S/C19H22ClN2O2.ClHO4/c1-21(2)14-13-19(20)22(15-5-9-17(23-3)10-6-15)16-7-11-18(24-4)12-8-16;2-1(3,4)5/h5-14H,1-4H3;(H,2,3,4,5)/q+1;/p-1.